The third-order valence-electron chi connectivity index (χ3n) is 3.69. The molecule has 0 radical (unpaired) electrons. The number of methoxy groups -OCH3 is 1. The monoisotopic (exact) mass is 350 g/mol. The van der Waals surface area contributed by atoms with E-state index in [1.165, 1.54) is 0 Å². The van der Waals surface area contributed by atoms with Crippen LogP contribution in [0.2, 0.25) is 0 Å². The molecule has 2 heterocycles. The van der Waals surface area contributed by atoms with Gasteiger partial charge in [0.05, 0.1) is 12.7 Å². The van der Waals surface area contributed by atoms with Gasteiger partial charge in [-0.2, -0.15) is 20.2 Å². The van der Waals surface area contributed by atoms with Gasteiger partial charge in [0.25, 0.3) is 0 Å². The van der Waals surface area contributed by atoms with Crippen LogP contribution in [0.3, 0.4) is 0 Å². The Bertz CT molecular complexity index is 943. The molecular formula is C18H18N6O2. The number of nitrogen functional groups attached to an aromatic ring is 1. The number of benzene rings is 1. The van der Waals surface area contributed by atoms with E-state index in [-0.39, 0.29) is 17.3 Å². The fraction of sp³-hybridized carbons (Fsp3) is 0.222. The van der Waals surface area contributed by atoms with Gasteiger partial charge in [0.15, 0.2) is 5.82 Å². The summed E-state index contributed by atoms with van der Waals surface area (Å²) in [5.74, 6) is 2.14. The van der Waals surface area contributed by atoms with Crippen molar-refractivity contribution in [2.24, 2.45) is 0 Å². The van der Waals surface area contributed by atoms with Gasteiger partial charge in [-0.1, -0.05) is 0 Å². The summed E-state index contributed by atoms with van der Waals surface area (Å²) >= 11 is 0. The molecular weight excluding hydrogens is 332 g/mol. The van der Waals surface area contributed by atoms with Crippen molar-refractivity contribution in [2.75, 3.05) is 38.4 Å². The molecule has 1 aliphatic rings. The van der Waals surface area contributed by atoms with Crippen LogP contribution in [0.1, 0.15) is 11.4 Å². The number of nitrogens with zero attached hydrogens (tertiary/aromatic N) is 5. The molecule has 0 fully saturated rings. The lowest BCUT2D eigenvalue weighted by molar-refractivity contribution is 0.346. The zero-order chi connectivity index (χ0) is 18.7. The Balaban J connectivity index is 1.97. The van der Waals surface area contributed by atoms with Crippen LogP contribution in [0, 0.1) is 11.3 Å². The SMILES string of the molecule is COc1ccc2c(c1)OCC(/C=C(\C#N)c1nc(N)nc(N(C)C)n1)=C2. The van der Waals surface area contributed by atoms with E-state index in [9.17, 15) is 5.26 Å². The average molecular weight is 350 g/mol. The highest BCUT2D eigenvalue weighted by Gasteiger charge is 2.15. The van der Waals surface area contributed by atoms with Gasteiger partial charge < -0.3 is 20.1 Å². The Labute approximate surface area is 151 Å². The molecule has 8 heteroatoms. The fourth-order valence-electron chi connectivity index (χ4n) is 2.41. The maximum atomic E-state index is 9.54. The summed E-state index contributed by atoms with van der Waals surface area (Å²) in [5.41, 5.74) is 7.75. The van der Waals surface area contributed by atoms with E-state index in [0.717, 1.165) is 22.6 Å². The van der Waals surface area contributed by atoms with Crippen LogP contribution in [0.25, 0.3) is 11.6 Å². The summed E-state index contributed by atoms with van der Waals surface area (Å²) in [6.07, 6.45) is 3.65. The molecule has 1 aliphatic heterocycles. The number of ether oxygens (including phenoxy) is 2. The minimum atomic E-state index is 0.0613. The van der Waals surface area contributed by atoms with Crippen LogP contribution in [-0.2, 0) is 0 Å². The van der Waals surface area contributed by atoms with E-state index < -0.39 is 0 Å². The second-order valence-corrected chi connectivity index (χ2v) is 5.79. The van der Waals surface area contributed by atoms with Crippen LogP contribution < -0.4 is 20.1 Å². The van der Waals surface area contributed by atoms with E-state index in [2.05, 4.69) is 21.0 Å². The van der Waals surface area contributed by atoms with Gasteiger partial charge in [-0.05, 0) is 29.9 Å². The largest absolute Gasteiger partial charge is 0.497 e. The third kappa shape index (κ3) is 3.57. The van der Waals surface area contributed by atoms with Crippen molar-refractivity contribution in [1.29, 1.82) is 5.26 Å². The van der Waals surface area contributed by atoms with E-state index in [1.807, 2.05) is 24.3 Å². The fourth-order valence-corrected chi connectivity index (χ4v) is 2.41. The first kappa shape index (κ1) is 17.2. The van der Waals surface area contributed by atoms with Crippen molar-refractivity contribution >= 4 is 23.5 Å². The van der Waals surface area contributed by atoms with Crippen LogP contribution in [0.15, 0.2) is 29.8 Å². The summed E-state index contributed by atoms with van der Waals surface area (Å²) in [5, 5.41) is 9.54. The third-order valence-corrected chi connectivity index (χ3v) is 3.69. The molecule has 0 saturated heterocycles. The normalized spacial score (nSPS) is 13.2. The Morgan fingerprint density at radius 1 is 1.35 bits per heavy atom. The van der Waals surface area contributed by atoms with Crippen molar-refractivity contribution in [3.05, 3.63) is 41.2 Å². The molecule has 26 heavy (non-hydrogen) atoms. The van der Waals surface area contributed by atoms with Gasteiger partial charge >= 0.3 is 0 Å². The molecule has 0 atom stereocenters. The zero-order valence-electron chi connectivity index (χ0n) is 14.7. The van der Waals surface area contributed by atoms with E-state index >= 15 is 0 Å². The predicted molar refractivity (Wildman–Crippen MR) is 98.6 cm³/mol. The molecule has 0 aliphatic carbocycles. The summed E-state index contributed by atoms with van der Waals surface area (Å²) in [4.78, 5) is 14.1. The van der Waals surface area contributed by atoms with Gasteiger partial charge in [0.1, 0.15) is 24.2 Å². The van der Waals surface area contributed by atoms with Gasteiger partial charge in [-0.25, -0.2) is 0 Å². The smallest absolute Gasteiger partial charge is 0.230 e. The summed E-state index contributed by atoms with van der Waals surface area (Å²) in [6, 6.07) is 7.70. The Kier molecular flexibility index (Phi) is 4.71. The standard InChI is InChI=1S/C18H18N6O2/c1-24(2)18-22-16(21-17(20)23-18)13(9-19)7-11-6-12-4-5-14(25-3)8-15(12)26-10-11/h4-8H,10H2,1-3H3,(H2,20,21,22,23)/b13-7+. The van der Waals surface area contributed by atoms with Crippen LogP contribution in [-0.4, -0.2) is 42.8 Å². The van der Waals surface area contributed by atoms with Gasteiger partial charge in [0.2, 0.25) is 11.9 Å². The minimum absolute atomic E-state index is 0.0613. The summed E-state index contributed by atoms with van der Waals surface area (Å²) < 4.78 is 11.0. The molecule has 3 rings (SSSR count). The number of anilines is 2. The molecule has 1 aromatic carbocycles. The van der Waals surface area contributed by atoms with Crippen molar-refractivity contribution < 1.29 is 9.47 Å². The predicted octanol–water partition coefficient (Wildman–Crippen LogP) is 1.91. The number of aromatic nitrogens is 3. The molecule has 2 N–H and O–H groups in total. The van der Waals surface area contributed by atoms with Gasteiger partial charge in [0, 0.05) is 25.7 Å². The van der Waals surface area contributed by atoms with Crippen LogP contribution in [0.4, 0.5) is 11.9 Å². The average Bonchev–Trinajstić information content (AvgIpc) is 2.64. The molecule has 0 unspecified atom stereocenters. The zero-order valence-corrected chi connectivity index (χ0v) is 14.7. The Hall–Kier alpha value is -3.60. The molecule has 0 saturated carbocycles. The van der Waals surface area contributed by atoms with Gasteiger partial charge in [-0.3, -0.25) is 0 Å². The first-order valence-corrected chi connectivity index (χ1v) is 7.82. The van der Waals surface area contributed by atoms with Crippen molar-refractivity contribution in [2.45, 2.75) is 0 Å². The molecule has 2 aromatic rings. The lowest BCUT2D eigenvalue weighted by atomic mass is 10.0. The molecule has 8 nitrogen and oxygen atoms in total. The lowest BCUT2D eigenvalue weighted by Gasteiger charge is -2.17. The van der Waals surface area contributed by atoms with Crippen LogP contribution >= 0.6 is 0 Å². The van der Waals surface area contributed by atoms with E-state index in [4.69, 9.17) is 15.2 Å². The second kappa shape index (κ2) is 7.11. The number of rotatable bonds is 4. The maximum absolute atomic E-state index is 9.54. The topological polar surface area (TPSA) is 110 Å². The quantitative estimate of drug-likeness (QED) is 0.833. The summed E-state index contributed by atoms with van der Waals surface area (Å²) in [6.45, 7) is 0.326. The number of nitrogens with two attached hydrogens (primary N) is 1. The highest BCUT2D eigenvalue weighted by molar-refractivity contribution is 5.78. The number of hydrogen-bond acceptors (Lipinski definition) is 8. The first-order valence-electron chi connectivity index (χ1n) is 7.82. The minimum Gasteiger partial charge on any atom is -0.497 e. The Morgan fingerprint density at radius 2 is 2.15 bits per heavy atom. The molecule has 1 aromatic heterocycles. The number of fused-ring (bicyclic) bond motifs is 1. The number of nitriles is 1. The summed E-state index contributed by atoms with van der Waals surface area (Å²) in [7, 11) is 5.18. The Morgan fingerprint density at radius 3 is 2.85 bits per heavy atom. The van der Waals surface area contributed by atoms with Gasteiger partial charge in [-0.15, -0.1) is 0 Å². The molecule has 132 valence electrons. The lowest BCUT2D eigenvalue weighted by Crippen LogP contribution is -2.16. The highest BCUT2D eigenvalue weighted by Crippen LogP contribution is 2.31. The van der Waals surface area contributed by atoms with E-state index in [1.54, 1.807) is 32.2 Å². The number of hydrogen-bond donors (Lipinski definition) is 1. The van der Waals surface area contributed by atoms with E-state index in [0.29, 0.717) is 12.6 Å². The van der Waals surface area contributed by atoms with Crippen molar-refractivity contribution in [3.63, 3.8) is 0 Å². The second-order valence-electron chi connectivity index (χ2n) is 5.79. The maximum Gasteiger partial charge on any atom is 0.230 e. The number of allylic oxidation sites excluding steroid dienone is 1. The molecule has 0 bridgehead atoms. The van der Waals surface area contributed by atoms with Crippen LogP contribution in [0.5, 0.6) is 11.5 Å². The molecule has 0 amide bonds. The molecule has 0 spiro atoms. The first-order chi connectivity index (χ1) is 12.5. The van der Waals surface area contributed by atoms with Crippen molar-refractivity contribution in [1.82, 2.24) is 15.0 Å². The highest BCUT2D eigenvalue weighted by atomic mass is 16.5. The van der Waals surface area contributed by atoms with Crippen molar-refractivity contribution in [3.8, 4) is 17.6 Å².